The van der Waals surface area contributed by atoms with E-state index in [2.05, 4.69) is 10.3 Å². The quantitative estimate of drug-likeness (QED) is 0.699. The van der Waals surface area contributed by atoms with Gasteiger partial charge in [-0.1, -0.05) is 43.7 Å². The minimum Gasteiger partial charge on any atom is -0.440 e. The number of nitrogens with zero attached hydrogens (tertiary/aromatic N) is 1. The van der Waals surface area contributed by atoms with E-state index >= 15 is 0 Å². The van der Waals surface area contributed by atoms with Gasteiger partial charge in [-0.15, -0.1) is 12.4 Å². The number of nitrogens with one attached hydrogen (secondary N) is 1. The average Bonchev–Trinajstić information content (AvgIpc) is 2.97. The second-order valence-electron chi connectivity index (χ2n) is 5.84. The summed E-state index contributed by atoms with van der Waals surface area (Å²) >= 11 is 0. The van der Waals surface area contributed by atoms with Crippen molar-refractivity contribution in [2.24, 2.45) is 5.73 Å². The van der Waals surface area contributed by atoms with Crippen LogP contribution >= 0.6 is 12.4 Å². The van der Waals surface area contributed by atoms with Crippen LogP contribution in [0.15, 0.2) is 52.9 Å². The Balaban J connectivity index is 0.00000225. The first kappa shape index (κ1) is 19.0. The zero-order valence-electron chi connectivity index (χ0n) is 14.1. The number of anilines is 1. The van der Waals surface area contributed by atoms with Crippen molar-refractivity contribution in [2.45, 2.75) is 32.2 Å². The van der Waals surface area contributed by atoms with E-state index in [-0.39, 0.29) is 18.3 Å². The van der Waals surface area contributed by atoms with Crippen molar-refractivity contribution in [1.29, 1.82) is 0 Å². The number of benzene rings is 2. The number of carbonyl (C=O) groups excluding carboxylic acids is 1. The molecule has 0 aliphatic heterocycles. The Kier molecular flexibility index (Phi) is 6.56. The molecule has 1 amide bonds. The predicted molar refractivity (Wildman–Crippen MR) is 102 cm³/mol. The summed E-state index contributed by atoms with van der Waals surface area (Å²) in [4.78, 5) is 16.5. The Hall–Kier alpha value is -2.37. The molecule has 1 heterocycles. The second kappa shape index (κ2) is 8.65. The van der Waals surface area contributed by atoms with Crippen LogP contribution in [0, 0.1) is 0 Å². The first-order chi connectivity index (χ1) is 11.7. The predicted octanol–water partition coefficient (Wildman–Crippen LogP) is 3.91. The van der Waals surface area contributed by atoms with Crippen LogP contribution in [0.1, 0.15) is 31.2 Å². The first-order valence-corrected chi connectivity index (χ1v) is 8.15. The number of oxazole rings is 1. The molecule has 1 atom stereocenters. The number of halogens is 1. The van der Waals surface area contributed by atoms with Gasteiger partial charge in [0, 0.05) is 18.2 Å². The van der Waals surface area contributed by atoms with E-state index in [1.807, 2.05) is 49.4 Å². The molecule has 132 valence electrons. The standard InChI is InChI=1S/C19H21N3O2.ClH/c1-2-6-15(20)19(23)21-14-9-10-16-17(12-14)24-18(22-16)11-13-7-4-3-5-8-13;/h3-5,7-10,12,15H,2,6,11,20H2,1H3,(H,21,23);1H. The van der Waals surface area contributed by atoms with Gasteiger partial charge in [-0.3, -0.25) is 4.79 Å². The maximum atomic E-state index is 12.0. The van der Waals surface area contributed by atoms with E-state index in [4.69, 9.17) is 10.2 Å². The number of hydrogen-bond donors (Lipinski definition) is 2. The van der Waals surface area contributed by atoms with Gasteiger partial charge in [0.15, 0.2) is 11.5 Å². The van der Waals surface area contributed by atoms with Gasteiger partial charge >= 0.3 is 0 Å². The van der Waals surface area contributed by atoms with E-state index in [0.29, 0.717) is 30.0 Å². The lowest BCUT2D eigenvalue weighted by Gasteiger charge is -2.10. The number of amides is 1. The van der Waals surface area contributed by atoms with Gasteiger partial charge in [-0.25, -0.2) is 4.98 Å². The summed E-state index contributed by atoms with van der Waals surface area (Å²) < 4.78 is 5.81. The van der Waals surface area contributed by atoms with E-state index in [1.165, 1.54) is 0 Å². The van der Waals surface area contributed by atoms with E-state index in [0.717, 1.165) is 17.5 Å². The Bertz CT molecular complexity index is 833. The molecular weight excluding hydrogens is 338 g/mol. The normalized spacial score (nSPS) is 11.8. The third kappa shape index (κ3) is 4.81. The van der Waals surface area contributed by atoms with Crippen LogP contribution in [0.25, 0.3) is 11.1 Å². The van der Waals surface area contributed by atoms with Gasteiger partial charge in [-0.2, -0.15) is 0 Å². The minimum absolute atomic E-state index is 0. The van der Waals surface area contributed by atoms with Crippen LogP contribution in [0.2, 0.25) is 0 Å². The molecule has 0 spiro atoms. The molecule has 3 N–H and O–H groups in total. The van der Waals surface area contributed by atoms with Gasteiger partial charge in [0.1, 0.15) is 5.52 Å². The molecule has 3 aromatic rings. The Morgan fingerprint density at radius 1 is 1.24 bits per heavy atom. The number of carbonyl (C=O) groups is 1. The summed E-state index contributed by atoms with van der Waals surface area (Å²) in [6.45, 7) is 2.00. The van der Waals surface area contributed by atoms with Gasteiger partial charge in [0.05, 0.1) is 6.04 Å². The number of rotatable bonds is 6. The van der Waals surface area contributed by atoms with Gasteiger partial charge in [0.2, 0.25) is 5.91 Å². The van der Waals surface area contributed by atoms with Crippen molar-refractivity contribution in [2.75, 3.05) is 5.32 Å². The van der Waals surface area contributed by atoms with Crippen molar-refractivity contribution >= 4 is 35.1 Å². The molecule has 25 heavy (non-hydrogen) atoms. The van der Waals surface area contributed by atoms with E-state index < -0.39 is 6.04 Å². The SMILES string of the molecule is CCCC(N)C(=O)Nc1ccc2nc(Cc3ccccc3)oc2c1.Cl. The molecule has 0 saturated heterocycles. The highest BCUT2D eigenvalue weighted by atomic mass is 35.5. The highest BCUT2D eigenvalue weighted by Gasteiger charge is 2.13. The van der Waals surface area contributed by atoms with Crippen molar-refractivity contribution in [3.8, 4) is 0 Å². The van der Waals surface area contributed by atoms with Gasteiger partial charge < -0.3 is 15.5 Å². The molecule has 0 aliphatic rings. The molecule has 6 heteroatoms. The Morgan fingerprint density at radius 3 is 2.72 bits per heavy atom. The Morgan fingerprint density at radius 2 is 2.00 bits per heavy atom. The molecule has 3 rings (SSSR count). The van der Waals surface area contributed by atoms with E-state index in [9.17, 15) is 4.79 Å². The smallest absolute Gasteiger partial charge is 0.241 e. The van der Waals surface area contributed by atoms with Gasteiger partial charge in [-0.05, 0) is 24.1 Å². The molecule has 2 aromatic carbocycles. The Labute approximate surface area is 153 Å². The average molecular weight is 360 g/mol. The van der Waals surface area contributed by atoms with Crippen LogP contribution < -0.4 is 11.1 Å². The second-order valence-corrected chi connectivity index (χ2v) is 5.84. The molecule has 0 fully saturated rings. The highest BCUT2D eigenvalue weighted by Crippen LogP contribution is 2.22. The summed E-state index contributed by atoms with van der Waals surface area (Å²) in [7, 11) is 0. The fourth-order valence-electron chi connectivity index (χ4n) is 2.57. The summed E-state index contributed by atoms with van der Waals surface area (Å²) in [5.41, 5.74) is 9.07. The van der Waals surface area contributed by atoms with Crippen LogP contribution in [-0.4, -0.2) is 16.9 Å². The molecule has 0 radical (unpaired) electrons. The van der Waals surface area contributed by atoms with Crippen molar-refractivity contribution in [3.63, 3.8) is 0 Å². The lowest BCUT2D eigenvalue weighted by atomic mass is 10.1. The fourth-order valence-corrected chi connectivity index (χ4v) is 2.57. The van der Waals surface area contributed by atoms with Gasteiger partial charge in [0.25, 0.3) is 0 Å². The summed E-state index contributed by atoms with van der Waals surface area (Å²) in [5, 5.41) is 2.83. The molecule has 0 bridgehead atoms. The largest absolute Gasteiger partial charge is 0.440 e. The third-order valence-electron chi connectivity index (χ3n) is 3.83. The van der Waals surface area contributed by atoms with Crippen LogP contribution in [-0.2, 0) is 11.2 Å². The van der Waals surface area contributed by atoms with Crippen LogP contribution in [0.3, 0.4) is 0 Å². The zero-order chi connectivity index (χ0) is 16.9. The maximum Gasteiger partial charge on any atom is 0.241 e. The lowest BCUT2D eigenvalue weighted by molar-refractivity contribution is -0.117. The molecule has 5 nitrogen and oxygen atoms in total. The molecule has 0 saturated carbocycles. The number of fused-ring (bicyclic) bond motifs is 1. The number of aromatic nitrogens is 1. The molecular formula is C19H22ClN3O2. The maximum absolute atomic E-state index is 12.0. The monoisotopic (exact) mass is 359 g/mol. The van der Waals surface area contributed by atoms with Crippen molar-refractivity contribution in [1.82, 2.24) is 4.98 Å². The highest BCUT2D eigenvalue weighted by molar-refractivity contribution is 5.96. The molecule has 0 aliphatic carbocycles. The molecule has 1 aromatic heterocycles. The number of hydrogen-bond acceptors (Lipinski definition) is 4. The van der Waals surface area contributed by atoms with Crippen molar-refractivity contribution < 1.29 is 9.21 Å². The summed E-state index contributed by atoms with van der Waals surface area (Å²) in [5.74, 6) is 0.475. The fraction of sp³-hybridized carbons (Fsp3) is 0.263. The zero-order valence-corrected chi connectivity index (χ0v) is 14.9. The molecule has 1 unspecified atom stereocenters. The number of nitrogens with two attached hydrogens (primary N) is 1. The van der Waals surface area contributed by atoms with Crippen LogP contribution in [0.4, 0.5) is 5.69 Å². The van der Waals surface area contributed by atoms with Crippen LogP contribution in [0.5, 0.6) is 0 Å². The topological polar surface area (TPSA) is 81.2 Å². The summed E-state index contributed by atoms with van der Waals surface area (Å²) in [6.07, 6.45) is 2.18. The first-order valence-electron chi connectivity index (χ1n) is 8.15. The van der Waals surface area contributed by atoms with Crippen molar-refractivity contribution in [3.05, 3.63) is 60.0 Å². The minimum atomic E-state index is -0.492. The summed E-state index contributed by atoms with van der Waals surface area (Å²) in [6, 6.07) is 15.0. The van der Waals surface area contributed by atoms with E-state index in [1.54, 1.807) is 6.07 Å². The lowest BCUT2D eigenvalue weighted by Crippen LogP contribution is -2.35. The third-order valence-corrected chi connectivity index (χ3v) is 3.83.